The summed E-state index contributed by atoms with van der Waals surface area (Å²) in [6, 6.07) is 6.74. The summed E-state index contributed by atoms with van der Waals surface area (Å²) in [5.74, 6) is 0. The minimum atomic E-state index is -0.864. The van der Waals surface area contributed by atoms with Crippen LogP contribution in [0.15, 0.2) is 42.7 Å². The number of rotatable bonds is 5. The fourth-order valence-electron chi connectivity index (χ4n) is 1.80. The highest BCUT2D eigenvalue weighted by atomic mass is 32.1. The molecule has 21 heavy (non-hydrogen) atoms. The van der Waals surface area contributed by atoms with Gasteiger partial charge >= 0.3 is 6.03 Å². The predicted octanol–water partition coefficient (Wildman–Crippen LogP) is 2.91. The molecular formula is C15H17N3O2S. The van der Waals surface area contributed by atoms with Gasteiger partial charge in [-0.2, -0.15) is 5.06 Å². The van der Waals surface area contributed by atoms with Gasteiger partial charge in [0.25, 0.3) is 0 Å². The molecule has 0 bridgehead atoms. The van der Waals surface area contributed by atoms with Gasteiger partial charge in [-0.15, -0.1) is 11.3 Å². The van der Waals surface area contributed by atoms with Crippen LogP contribution in [0.2, 0.25) is 0 Å². The number of nitrogens with zero attached hydrogens (tertiary/aromatic N) is 2. The van der Waals surface area contributed by atoms with Crippen LogP contribution < -0.4 is 5.73 Å². The summed E-state index contributed by atoms with van der Waals surface area (Å²) in [5.41, 5.74) is 6.21. The van der Waals surface area contributed by atoms with E-state index in [-0.39, 0.29) is 0 Å². The minimum Gasteiger partial charge on any atom is -0.350 e. The first-order chi connectivity index (χ1) is 10.1. The second kappa shape index (κ2) is 7.01. The Morgan fingerprint density at radius 2 is 2.14 bits per heavy atom. The zero-order valence-corrected chi connectivity index (χ0v) is 12.5. The van der Waals surface area contributed by atoms with Gasteiger partial charge in [0, 0.05) is 28.6 Å². The van der Waals surface area contributed by atoms with Crippen molar-refractivity contribution in [2.45, 2.75) is 19.4 Å². The lowest BCUT2D eigenvalue weighted by Gasteiger charge is -2.16. The molecule has 0 aliphatic carbocycles. The van der Waals surface area contributed by atoms with E-state index < -0.39 is 12.1 Å². The third-order valence-corrected chi connectivity index (χ3v) is 4.01. The molecule has 3 N–H and O–H groups in total. The highest BCUT2D eigenvalue weighted by molar-refractivity contribution is 7.12. The molecule has 2 amide bonds. The van der Waals surface area contributed by atoms with E-state index in [0.29, 0.717) is 5.06 Å². The molecule has 0 radical (unpaired) electrons. The van der Waals surface area contributed by atoms with E-state index in [2.05, 4.69) is 11.1 Å². The fraction of sp³-hybridized carbons (Fsp3) is 0.200. The lowest BCUT2D eigenvalue weighted by molar-refractivity contribution is -0.0560. The molecule has 5 nitrogen and oxygen atoms in total. The Bertz CT molecular complexity index is 625. The number of primary amides is 1. The largest absolute Gasteiger partial charge is 0.350 e. The van der Waals surface area contributed by atoms with Gasteiger partial charge in [-0.25, -0.2) is 4.79 Å². The van der Waals surface area contributed by atoms with Crippen LogP contribution in [0.5, 0.6) is 0 Å². The normalized spacial score (nSPS) is 12.5. The summed E-state index contributed by atoms with van der Waals surface area (Å²) in [4.78, 5) is 17.1. The van der Waals surface area contributed by atoms with Crippen molar-refractivity contribution < 1.29 is 10.0 Å². The van der Waals surface area contributed by atoms with Gasteiger partial charge in [0.1, 0.15) is 0 Å². The number of hydrogen-bond donors (Lipinski definition) is 2. The molecule has 1 atom stereocenters. The number of urea groups is 1. The van der Waals surface area contributed by atoms with E-state index in [4.69, 9.17) is 5.73 Å². The van der Waals surface area contributed by atoms with Crippen LogP contribution in [-0.4, -0.2) is 27.3 Å². The highest BCUT2D eigenvalue weighted by Crippen LogP contribution is 2.21. The fourth-order valence-corrected chi connectivity index (χ4v) is 2.76. The number of hydrogen-bond acceptors (Lipinski definition) is 4. The summed E-state index contributed by atoms with van der Waals surface area (Å²) >= 11 is 1.67. The number of hydroxylamine groups is 2. The summed E-state index contributed by atoms with van der Waals surface area (Å²) in [6.07, 6.45) is 8.03. The summed E-state index contributed by atoms with van der Waals surface area (Å²) in [5, 5.41) is 9.88. The molecule has 110 valence electrons. The molecule has 0 spiro atoms. The summed E-state index contributed by atoms with van der Waals surface area (Å²) < 4.78 is 0. The van der Waals surface area contributed by atoms with Gasteiger partial charge in [-0.05, 0) is 42.8 Å². The van der Waals surface area contributed by atoms with Crippen LogP contribution in [0, 0.1) is 0 Å². The van der Waals surface area contributed by atoms with Gasteiger partial charge in [0.2, 0.25) is 0 Å². The zero-order valence-electron chi connectivity index (χ0n) is 11.6. The Balaban J connectivity index is 1.98. The van der Waals surface area contributed by atoms with Gasteiger partial charge in [0.05, 0.1) is 6.04 Å². The van der Waals surface area contributed by atoms with Crippen LogP contribution in [-0.2, 0) is 6.42 Å². The van der Waals surface area contributed by atoms with Crippen molar-refractivity contribution in [1.82, 2.24) is 10.0 Å². The first-order valence-electron chi connectivity index (χ1n) is 6.49. The van der Waals surface area contributed by atoms with Gasteiger partial charge in [0.15, 0.2) is 0 Å². The third-order valence-electron chi connectivity index (χ3n) is 2.96. The van der Waals surface area contributed by atoms with Crippen LogP contribution in [0.4, 0.5) is 4.79 Å². The molecule has 2 rings (SSSR count). The maximum absolute atomic E-state index is 10.8. The molecule has 0 fully saturated rings. The lowest BCUT2D eigenvalue weighted by atomic mass is 10.2. The van der Waals surface area contributed by atoms with Crippen molar-refractivity contribution in [2.24, 2.45) is 5.73 Å². The van der Waals surface area contributed by atoms with E-state index in [9.17, 15) is 10.0 Å². The quantitative estimate of drug-likeness (QED) is 0.658. The number of carbonyl (C=O) groups is 1. The number of amides is 2. The Morgan fingerprint density at radius 1 is 1.43 bits per heavy atom. The number of aromatic nitrogens is 1. The lowest BCUT2D eigenvalue weighted by Crippen LogP contribution is -2.38. The number of pyridine rings is 1. The molecule has 2 heterocycles. The SMILES string of the molecule is CC(C=Cc1ccc(Cc2ccncc2)s1)N(O)C(N)=O. The average Bonchev–Trinajstić information content (AvgIpc) is 2.92. The maximum Gasteiger partial charge on any atom is 0.339 e. The number of carbonyl (C=O) groups excluding carboxylic acids is 1. The molecule has 2 aromatic rings. The second-order valence-electron chi connectivity index (χ2n) is 4.62. The van der Waals surface area contributed by atoms with E-state index in [1.54, 1.807) is 36.7 Å². The first-order valence-corrected chi connectivity index (χ1v) is 7.31. The Morgan fingerprint density at radius 3 is 2.81 bits per heavy atom. The molecule has 0 aliphatic rings. The smallest absolute Gasteiger partial charge is 0.339 e. The molecule has 0 aliphatic heterocycles. The van der Waals surface area contributed by atoms with Gasteiger partial charge < -0.3 is 5.73 Å². The monoisotopic (exact) mass is 303 g/mol. The van der Waals surface area contributed by atoms with Gasteiger partial charge in [-0.3, -0.25) is 10.2 Å². The minimum absolute atomic E-state index is 0.465. The van der Waals surface area contributed by atoms with Crippen molar-refractivity contribution in [3.8, 4) is 0 Å². The van der Waals surface area contributed by atoms with Crippen molar-refractivity contribution in [2.75, 3.05) is 0 Å². The van der Waals surface area contributed by atoms with Gasteiger partial charge in [-0.1, -0.05) is 6.08 Å². The molecule has 0 aromatic carbocycles. The Kier molecular flexibility index (Phi) is 5.08. The zero-order chi connectivity index (χ0) is 15.2. The van der Waals surface area contributed by atoms with Crippen LogP contribution >= 0.6 is 11.3 Å². The van der Waals surface area contributed by atoms with E-state index in [0.717, 1.165) is 11.3 Å². The van der Waals surface area contributed by atoms with Crippen molar-refractivity contribution in [3.05, 3.63) is 58.1 Å². The Labute approximate surface area is 127 Å². The third kappa shape index (κ3) is 4.40. The number of nitrogens with two attached hydrogens (primary N) is 1. The summed E-state index contributed by atoms with van der Waals surface area (Å²) in [6.45, 7) is 1.69. The van der Waals surface area contributed by atoms with Crippen molar-refractivity contribution in [1.29, 1.82) is 0 Å². The molecular weight excluding hydrogens is 286 g/mol. The van der Waals surface area contributed by atoms with Crippen molar-refractivity contribution in [3.63, 3.8) is 0 Å². The predicted molar refractivity (Wildman–Crippen MR) is 83.1 cm³/mol. The van der Waals surface area contributed by atoms with Crippen molar-refractivity contribution >= 4 is 23.4 Å². The van der Waals surface area contributed by atoms with Crippen LogP contribution in [0.3, 0.4) is 0 Å². The number of thiophene rings is 1. The first kappa shape index (κ1) is 15.2. The average molecular weight is 303 g/mol. The molecule has 6 heteroatoms. The van der Waals surface area contributed by atoms with E-state index in [1.807, 2.05) is 24.3 Å². The standard InChI is InChI=1S/C15H17N3O2S/c1-11(18(20)15(16)19)2-3-13-4-5-14(21-13)10-12-6-8-17-9-7-12/h2-9,11,20H,10H2,1H3,(H2,16,19). The topological polar surface area (TPSA) is 79.4 Å². The van der Waals surface area contributed by atoms with Crippen LogP contribution in [0.1, 0.15) is 22.2 Å². The summed E-state index contributed by atoms with van der Waals surface area (Å²) in [7, 11) is 0. The highest BCUT2D eigenvalue weighted by Gasteiger charge is 2.11. The Hall–Kier alpha value is -2.18. The van der Waals surface area contributed by atoms with E-state index >= 15 is 0 Å². The van der Waals surface area contributed by atoms with Crippen LogP contribution in [0.25, 0.3) is 6.08 Å². The maximum atomic E-state index is 10.8. The second-order valence-corrected chi connectivity index (χ2v) is 5.82. The molecule has 2 aromatic heterocycles. The molecule has 1 unspecified atom stereocenters. The molecule has 0 saturated heterocycles. The van der Waals surface area contributed by atoms with E-state index in [1.165, 1.54) is 10.4 Å². The molecule has 0 saturated carbocycles.